The molecule has 0 amide bonds. The van der Waals surface area contributed by atoms with E-state index in [0.717, 1.165) is 19.4 Å². The molecule has 0 bridgehead atoms. The summed E-state index contributed by atoms with van der Waals surface area (Å²) in [7, 11) is 1.62. The molecule has 1 aromatic heterocycles. The number of hydrogen-bond acceptors (Lipinski definition) is 5. The predicted octanol–water partition coefficient (Wildman–Crippen LogP) is 2.09. The van der Waals surface area contributed by atoms with Crippen molar-refractivity contribution >= 4 is 10.9 Å². The van der Waals surface area contributed by atoms with Gasteiger partial charge in [0, 0.05) is 5.54 Å². The molecular formula is C20H25N3O3. The molecule has 0 aliphatic carbocycles. The van der Waals surface area contributed by atoms with Gasteiger partial charge in [-0.25, -0.2) is 4.98 Å². The molecule has 3 atom stereocenters. The first-order valence-electron chi connectivity index (χ1n) is 9.11. The summed E-state index contributed by atoms with van der Waals surface area (Å²) in [5.74, 6) is 0.705. The van der Waals surface area contributed by atoms with E-state index in [2.05, 4.69) is 23.7 Å². The van der Waals surface area contributed by atoms with Crippen molar-refractivity contribution in [3.63, 3.8) is 0 Å². The van der Waals surface area contributed by atoms with Crippen LogP contribution in [-0.4, -0.2) is 50.9 Å². The second-order valence-electron chi connectivity index (χ2n) is 7.70. The van der Waals surface area contributed by atoms with Crippen LogP contribution < -0.4 is 5.56 Å². The number of methoxy groups -OCH3 is 1. The first-order chi connectivity index (χ1) is 12.4. The highest BCUT2D eigenvalue weighted by Gasteiger charge is 2.49. The maximum Gasteiger partial charge on any atom is 0.261 e. The number of aliphatic hydroxyl groups excluding tert-OH is 1. The molecule has 1 N–H and O–H groups in total. The van der Waals surface area contributed by atoms with E-state index in [0.29, 0.717) is 16.7 Å². The van der Waals surface area contributed by atoms with Gasteiger partial charge in [0.1, 0.15) is 11.8 Å². The number of ether oxygens (including phenoxy) is 1. The van der Waals surface area contributed by atoms with Crippen molar-refractivity contribution in [1.82, 2.24) is 14.5 Å². The van der Waals surface area contributed by atoms with Gasteiger partial charge < -0.3 is 9.84 Å². The largest absolute Gasteiger partial charge is 0.499 e. The van der Waals surface area contributed by atoms with Crippen LogP contribution in [0.5, 0.6) is 0 Å². The minimum Gasteiger partial charge on any atom is -0.499 e. The van der Waals surface area contributed by atoms with Gasteiger partial charge in [0.25, 0.3) is 5.56 Å². The summed E-state index contributed by atoms with van der Waals surface area (Å²) >= 11 is 0. The van der Waals surface area contributed by atoms with E-state index in [-0.39, 0.29) is 17.6 Å². The van der Waals surface area contributed by atoms with Crippen LogP contribution in [-0.2, 0) is 4.74 Å². The summed E-state index contributed by atoms with van der Waals surface area (Å²) in [6.07, 6.45) is 4.90. The van der Waals surface area contributed by atoms with E-state index in [1.54, 1.807) is 24.1 Å². The molecule has 6 heteroatoms. The number of hydrogen-bond donors (Lipinski definition) is 1. The molecule has 1 fully saturated rings. The van der Waals surface area contributed by atoms with Crippen molar-refractivity contribution in [3.8, 4) is 0 Å². The van der Waals surface area contributed by atoms with Crippen molar-refractivity contribution in [3.05, 3.63) is 52.8 Å². The predicted molar refractivity (Wildman–Crippen MR) is 99.9 cm³/mol. The van der Waals surface area contributed by atoms with Crippen molar-refractivity contribution in [2.24, 2.45) is 0 Å². The average Bonchev–Trinajstić information content (AvgIpc) is 2.63. The van der Waals surface area contributed by atoms with E-state index in [4.69, 9.17) is 4.74 Å². The van der Waals surface area contributed by atoms with Crippen LogP contribution in [0.2, 0.25) is 0 Å². The Hall–Kier alpha value is -2.18. The van der Waals surface area contributed by atoms with E-state index in [9.17, 15) is 9.90 Å². The molecule has 2 aliphatic heterocycles. The Balaban J connectivity index is 1.91. The van der Waals surface area contributed by atoms with Crippen molar-refractivity contribution in [2.75, 3.05) is 13.7 Å². The Bertz CT molecular complexity index is 918. The number of rotatable bonds is 2. The van der Waals surface area contributed by atoms with Crippen LogP contribution >= 0.6 is 0 Å². The van der Waals surface area contributed by atoms with E-state index in [1.165, 1.54) is 0 Å². The van der Waals surface area contributed by atoms with Crippen LogP contribution in [0.4, 0.5) is 0 Å². The van der Waals surface area contributed by atoms with Gasteiger partial charge >= 0.3 is 0 Å². The fraction of sp³-hybridized carbons (Fsp3) is 0.500. The number of aromatic nitrogens is 2. The van der Waals surface area contributed by atoms with Crippen LogP contribution in [0, 0.1) is 0 Å². The third kappa shape index (κ3) is 2.47. The molecular weight excluding hydrogens is 330 g/mol. The topological polar surface area (TPSA) is 67.6 Å². The molecule has 2 aliphatic rings. The van der Waals surface area contributed by atoms with Gasteiger partial charge in [-0.2, -0.15) is 0 Å². The summed E-state index contributed by atoms with van der Waals surface area (Å²) in [4.78, 5) is 19.9. The Morgan fingerprint density at radius 3 is 2.85 bits per heavy atom. The summed E-state index contributed by atoms with van der Waals surface area (Å²) in [6, 6.07) is 6.99. The number of fused-ring (bicyclic) bond motifs is 2. The zero-order valence-electron chi connectivity index (χ0n) is 15.4. The average molecular weight is 355 g/mol. The Labute approximate surface area is 152 Å². The van der Waals surface area contributed by atoms with Gasteiger partial charge in [-0.1, -0.05) is 12.1 Å². The van der Waals surface area contributed by atoms with Crippen LogP contribution in [0.3, 0.4) is 0 Å². The standard InChI is InChI=1S/C20H25N3O3/c1-20(2)18(17(26-3)11-15-16(24)9-6-10-23(15)20)22-12-21-14-8-5-4-7-13(14)19(22)25/h4-5,7-8,11-12,15-16,18,24H,6,9-10H2,1-3H3/t15-,16+,18+/m1/s1. The highest BCUT2D eigenvalue weighted by Crippen LogP contribution is 2.42. The maximum absolute atomic E-state index is 13.2. The van der Waals surface area contributed by atoms with Crippen molar-refractivity contribution in [2.45, 2.75) is 50.4 Å². The van der Waals surface area contributed by atoms with Gasteiger partial charge in [0.2, 0.25) is 0 Å². The van der Waals surface area contributed by atoms with E-state index in [1.807, 2.05) is 24.3 Å². The lowest BCUT2D eigenvalue weighted by atomic mass is 9.80. The lowest BCUT2D eigenvalue weighted by molar-refractivity contribution is -0.0563. The molecule has 3 heterocycles. The molecule has 138 valence electrons. The number of para-hydroxylation sites is 1. The minimum atomic E-state index is -0.416. The third-order valence-electron chi connectivity index (χ3n) is 5.87. The third-order valence-corrected chi connectivity index (χ3v) is 5.87. The van der Waals surface area contributed by atoms with Gasteiger partial charge in [-0.05, 0) is 51.4 Å². The number of aliphatic hydroxyl groups is 1. The number of nitrogens with zero attached hydrogens (tertiary/aromatic N) is 3. The monoisotopic (exact) mass is 355 g/mol. The smallest absolute Gasteiger partial charge is 0.261 e. The minimum absolute atomic E-state index is 0.0763. The Morgan fingerprint density at radius 1 is 1.31 bits per heavy atom. The van der Waals surface area contributed by atoms with Crippen LogP contribution in [0.1, 0.15) is 32.7 Å². The molecule has 2 aromatic rings. The summed E-state index contributed by atoms with van der Waals surface area (Å²) in [5, 5.41) is 11.1. The fourth-order valence-corrected chi connectivity index (χ4v) is 4.56. The first kappa shape index (κ1) is 17.2. The summed E-state index contributed by atoms with van der Waals surface area (Å²) < 4.78 is 7.37. The van der Waals surface area contributed by atoms with Crippen LogP contribution in [0.25, 0.3) is 10.9 Å². The molecule has 0 radical (unpaired) electrons. The molecule has 0 unspecified atom stereocenters. The lowest BCUT2D eigenvalue weighted by Gasteiger charge is -2.54. The highest BCUT2D eigenvalue weighted by molar-refractivity contribution is 5.76. The second kappa shape index (κ2) is 6.21. The summed E-state index contributed by atoms with van der Waals surface area (Å²) in [6.45, 7) is 5.10. The number of piperidine rings is 1. The molecule has 0 spiro atoms. The fourth-order valence-electron chi connectivity index (χ4n) is 4.56. The molecule has 1 aromatic carbocycles. The van der Waals surface area contributed by atoms with Crippen molar-refractivity contribution in [1.29, 1.82) is 0 Å². The van der Waals surface area contributed by atoms with E-state index >= 15 is 0 Å². The second-order valence-corrected chi connectivity index (χ2v) is 7.70. The quantitative estimate of drug-likeness (QED) is 0.893. The van der Waals surface area contributed by atoms with Gasteiger partial charge in [-0.3, -0.25) is 14.3 Å². The molecule has 26 heavy (non-hydrogen) atoms. The van der Waals surface area contributed by atoms with E-state index < -0.39 is 11.6 Å². The Kier molecular flexibility index (Phi) is 4.12. The SMILES string of the molecule is COC1=C[C@@H]2[C@@H](O)CCCN2C(C)(C)[C@H]1n1cnc2ccccc2c1=O. The maximum atomic E-state index is 13.2. The molecule has 0 saturated carbocycles. The van der Waals surface area contributed by atoms with Crippen LogP contribution in [0.15, 0.2) is 47.2 Å². The lowest BCUT2D eigenvalue weighted by Crippen LogP contribution is -2.63. The molecule has 1 saturated heterocycles. The zero-order chi connectivity index (χ0) is 18.5. The van der Waals surface area contributed by atoms with Gasteiger partial charge in [0.15, 0.2) is 0 Å². The normalized spacial score (nSPS) is 28.5. The molecule has 6 nitrogen and oxygen atoms in total. The molecule has 4 rings (SSSR count). The first-order valence-corrected chi connectivity index (χ1v) is 9.11. The highest BCUT2D eigenvalue weighted by atomic mass is 16.5. The Morgan fingerprint density at radius 2 is 2.08 bits per heavy atom. The van der Waals surface area contributed by atoms with Gasteiger partial charge in [-0.15, -0.1) is 0 Å². The van der Waals surface area contributed by atoms with Gasteiger partial charge in [0.05, 0.1) is 36.5 Å². The summed E-state index contributed by atoms with van der Waals surface area (Å²) in [5.41, 5.74) is 0.212. The number of benzene rings is 1. The zero-order valence-corrected chi connectivity index (χ0v) is 15.4. The van der Waals surface area contributed by atoms with Crippen molar-refractivity contribution < 1.29 is 9.84 Å².